The van der Waals surface area contributed by atoms with Gasteiger partial charge in [0.05, 0.1) is 5.39 Å². The first-order valence-electron chi connectivity index (χ1n) is 3.60. The van der Waals surface area contributed by atoms with Crippen molar-refractivity contribution in [2.45, 2.75) is 5.09 Å². The Morgan fingerprint density at radius 2 is 2.00 bits per heavy atom. The summed E-state index contributed by atoms with van der Waals surface area (Å²) < 4.78 is 5.66. The summed E-state index contributed by atoms with van der Waals surface area (Å²) in [5.74, 6) is 0. The molecule has 0 aliphatic rings. The molecule has 1 aromatic heterocycles. The van der Waals surface area contributed by atoms with Gasteiger partial charge in [0.2, 0.25) is 5.43 Å². The van der Waals surface area contributed by atoms with Gasteiger partial charge in [-0.1, -0.05) is 12.1 Å². The molecule has 1 aromatic carbocycles. The minimum absolute atomic E-state index is 0.0909. The molecule has 0 amide bonds. The van der Waals surface area contributed by atoms with Crippen molar-refractivity contribution < 1.29 is 4.42 Å². The zero-order valence-electron chi connectivity index (χ0n) is 6.45. The van der Waals surface area contributed by atoms with Gasteiger partial charge in [-0.15, -0.1) is 12.6 Å². The first-order valence-corrected chi connectivity index (χ1v) is 4.84. The molecule has 0 radical (unpaired) electrons. The van der Waals surface area contributed by atoms with Gasteiger partial charge in [-0.05, 0) is 28.1 Å². The summed E-state index contributed by atoms with van der Waals surface area (Å²) in [6.45, 7) is 0. The molecule has 2 aromatic rings. The summed E-state index contributed by atoms with van der Waals surface area (Å²) in [6, 6.07) is 7.07. The third kappa shape index (κ3) is 1.40. The van der Waals surface area contributed by atoms with Crippen LogP contribution in [-0.4, -0.2) is 0 Å². The van der Waals surface area contributed by atoms with E-state index in [4.69, 9.17) is 4.42 Å². The molecule has 0 bridgehead atoms. The minimum Gasteiger partial charge on any atom is -0.449 e. The van der Waals surface area contributed by atoms with Crippen molar-refractivity contribution in [2.24, 2.45) is 0 Å². The van der Waals surface area contributed by atoms with E-state index in [-0.39, 0.29) is 5.43 Å². The van der Waals surface area contributed by atoms with E-state index in [0.717, 1.165) is 0 Å². The van der Waals surface area contributed by atoms with E-state index >= 15 is 0 Å². The van der Waals surface area contributed by atoms with Crippen LogP contribution in [0.1, 0.15) is 0 Å². The summed E-state index contributed by atoms with van der Waals surface area (Å²) in [5, 5.41) is 0.871. The molecule has 2 rings (SSSR count). The number of thiol groups is 1. The summed E-state index contributed by atoms with van der Waals surface area (Å²) >= 11 is 7.15. The van der Waals surface area contributed by atoms with Crippen LogP contribution in [0.2, 0.25) is 0 Å². The molecule has 1 heterocycles. The first-order chi connectivity index (χ1) is 6.20. The van der Waals surface area contributed by atoms with Crippen LogP contribution in [-0.2, 0) is 0 Å². The van der Waals surface area contributed by atoms with Crippen molar-refractivity contribution in [3.05, 3.63) is 39.0 Å². The Morgan fingerprint density at radius 3 is 2.77 bits per heavy atom. The SMILES string of the molecule is O=c1c(Br)c(S)oc2ccccc12. The molecular weight excluding hydrogens is 252 g/mol. The highest BCUT2D eigenvalue weighted by atomic mass is 79.9. The summed E-state index contributed by atoms with van der Waals surface area (Å²) in [7, 11) is 0. The predicted octanol–water partition coefficient (Wildman–Crippen LogP) is 2.84. The van der Waals surface area contributed by atoms with Crippen LogP contribution in [0.4, 0.5) is 0 Å². The van der Waals surface area contributed by atoms with E-state index < -0.39 is 0 Å². The Labute approximate surface area is 88.1 Å². The molecule has 0 aliphatic heterocycles. The second-order valence-corrected chi connectivity index (χ2v) is 3.75. The molecule has 0 unspecified atom stereocenters. The molecule has 13 heavy (non-hydrogen) atoms. The fourth-order valence-corrected chi connectivity index (χ4v) is 1.60. The van der Waals surface area contributed by atoms with Gasteiger partial charge in [-0.25, -0.2) is 0 Å². The fourth-order valence-electron chi connectivity index (χ4n) is 1.11. The van der Waals surface area contributed by atoms with Gasteiger partial charge >= 0.3 is 0 Å². The van der Waals surface area contributed by atoms with Crippen molar-refractivity contribution in [2.75, 3.05) is 0 Å². The molecule has 0 atom stereocenters. The molecule has 66 valence electrons. The van der Waals surface area contributed by atoms with Crippen molar-refractivity contribution in [1.29, 1.82) is 0 Å². The Hall–Kier alpha value is -0.740. The van der Waals surface area contributed by atoms with Crippen LogP contribution in [0.15, 0.2) is 43.0 Å². The molecular formula is C9H5BrO2S. The monoisotopic (exact) mass is 256 g/mol. The number of benzene rings is 1. The number of halogens is 1. The highest BCUT2D eigenvalue weighted by Crippen LogP contribution is 2.21. The van der Waals surface area contributed by atoms with Gasteiger partial charge < -0.3 is 4.42 Å². The molecule has 0 aliphatic carbocycles. The average Bonchev–Trinajstić information content (AvgIpc) is 2.15. The molecule has 0 N–H and O–H groups in total. The summed E-state index contributed by atoms with van der Waals surface area (Å²) in [4.78, 5) is 11.6. The normalized spacial score (nSPS) is 10.6. The van der Waals surface area contributed by atoms with Gasteiger partial charge in [-0.2, -0.15) is 0 Å². The highest BCUT2D eigenvalue weighted by Gasteiger charge is 2.07. The maximum absolute atomic E-state index is 11.6. The maximum Gasteiger partial charge on any atom is 0.208 e. The standard InChI is InChI=1S/C9H5BrO2S/c10-7-8(11)5-3-1-2-4-6(5)12-9(7)13/h1-4,13H. The Bertz CT molecular complexity index is 518. The van der Waals surface area contributed by atoms with Gasteiger partial charge in [0.25, 0.3) is 0 Å². The quantitative estimate of drug-likeness (QED) is 0.735. The Kier molecular flexibility index (Phi) is 2.17. The lowest BCUT2D eigenvalue weighted by molar-refractivity contribution is 0.496. The second kappa shape index (κ2) is 3.20. The highest BCUT2D eigenvalue weighted by molar-refractivity contribution is 9.10. The number of hydrogen-bond donors (Lipinski definition) is 1. The van der Waals surface area contributed by atoms with E-state index in [2.05, 4.69) is 28.6 Å². The van der Waals surface area contributed by atoms with E-state index in [9.17, 15) is 4.79 Å². The molecule has 0 saturated heterocycles. The van der Waals surface area contributed by atoms with E-state index in [1.807, 2.05) is 6.07 Å². The fraction of sp³-hybridized carbons (Fsp3) is 0. The number of rotatable bonds is 0. The van der Waals surface area contributed by atoms with Crippen molar-refractivity contribution in [3.8, 4) is 0 Å². The lowest BCUT2D eigenvalue weighted by atomic mass is 10.2. The Morgan fingerprint density at radius 1 is 1.31 bits per heavy atom. The predicted molar refractivity (Wildman–Crippen MR) is 57.4 cm³/mol. The summed E-state index contributed by atoms with van der Waals surface area (Å²) in [6.07, 6.45) is 0. The molecule has 0 fully saturated rings. The van der Waals surface area contributed by atoms with Gasteiger partial charge in [0, 0.05) is 0 Å². The lowest BCUT2D eigenvalue weighted by Crippen LogP contribution is -2.02. The summed E-state index contributed by atoms with van der Waals surface area (Å²) in [5.41, 5.74) is 0.465. The second-order valence-electron chi connectivity index (χ2n) is 2.55. The van der Waals surface area contributed by atoms with Crippen LogP contribution >= 0.6 is 28.6 Å². The van der Waals surface area contributed by atoms with E-state index in [1.165, 1.54) is 0 Å². The zero-order valence-corrected chi connectivity index (χ0v) is 8.93. The number of hydrogen-bond acceptors (Lipinski definition) is 3. The van der Waals surface area contributed by atoms with Gasteiger partial charge in [0.1, 0.15) is 10.1 Å². The van der Waals surface area contributed by atoms with E-state index in [0.29, 0.717) is 20.5 Å². The minimum atomic E-state index is -0.0909. The third-order valence-corrected chi connectivity index (χ3v) is 3.07. The van der Waals surface area contributed by atoms with Gasteiger partial charge in [-0.3, -0.25) is 4.79 Å². The third-order valence-electron chi connectivity index (χ3n) is 1.73. The average molecular weight is 257 g/mol. The molecule has 4 heteroatoms. The first kappa shape index (κ1) is 8.84. The van der Waals surface area contributed by atoms with Gasteiger partial charge in [0.15, 0.2) is 5.09 Å². The van der Waals surface area contributed by atoms with Crippen LogP contribution in [0.3, 0.4) is 0 Å². The largest absolute Gasteiger partial charge is 0.449 e. The van der Waals surface area contributed by atoms with Crippen LogP contribution in [0.5, 0.6) is 0 Å². The molecule has 2 nitrogen and oxygen atoms in total. The van der Waals surface area contributed by atoms with Crippen LogP contribution in [0, 0.1) is 0 Å². The number of fused-ring (bicyclic) bond motifs is 1. The van der Waals surface area contributed by atoms with Crippen LogP contribution in [0.25, 0.3) is 11.0 Å². The van der Waals surface area contributed by atoms with Crippen molar-refractivity contribution in [1.82, 2.24) is 0 Å². The smallest absolute Gasteiger partial charge is 0.208 e. The van der Waals surface area contributed by atoms with Crippen LogP contribution < -0.4 is 5.43 Å². The maximum atomic E-state index is 11.6. The van der Waals surface area contributed by atoms with Crippen molar-refractivity contribution >= 4 is 39.5 Å². The topological polar surface area (TPSA) is 30.2 Å². The van der Waals surface area contributed by atoms with Crippen molar-refractivity contribution in [3.63, 3.8) is 0 Å². The molecule has 0 spiro atoms. The molecule has 0 saturated carbocycles. The zero-order chi connectivity index (χ0) is 9.42. The number of para-hydroxylation sites is 1. The Balaban J connectivity index is 3.03. The van der Waals surface area contributed by atoms with E-state index in [1.54, 1.807) is 18.2 Å². The lowest BCUT2D eigenvalue weighted by Gasteiger charge is -1.99.